The number of benzene rings is 1. The molecule has 1 N–H and O–H groups in total. The van der Waals surface area contributed by atoms with E-state index in [2.05, 4.69) is 16.3 Å². The second kappa shape index (κ2) is 4.67. The van der Waals surface area contributed by atoms with Crippen LogP contribution in [0.15, 0.2) is 24.3 Å². The van der Waals surface area contributed by atoms with Gasteiger partial charge in [0.25, 0.3) is 0 Å². The van der Waals surface area contributed by atoms with Gasteiger partial charge in [0, 0.05) is 5.56 Å². The number of aryl methyl sites for hydroxylation is 2. The van der Waals surface area contributed by atoms with Gasteiger partial charge < -0.3 is 4.74 Å². The van der Waals surface area contributed by atoms with Gasteiger partial charge >= 0.3 is 0 Å². The van der Waals surface area contributed by atoms with Gasteiger partial charge in [-0.15, -0.1) is 0 Å². The number of methoxy groups -OCH3 is 1. The third-order valence-corrected chi connectivity index (χ3v) is 2.92. The van der Waals surface area contributed by atoms with E-state index in [1.165, 1.54) is 0 Å². The number of H-pyrrole nitrogens is 1. The van der Waals surface area contributed by atoms with Crippen LogP contribution in [-0.4, -0.2) is 17.3 Å². The Labute approximate surface area is 105 Å². The lowest BCUT2D eigenvalue weighted by Gasteiger charge is -2.10. The average molecular weight is 246 g/mol. The molecular weight excluding hydrogens is 232 g/mol. The number of hydrogen-bond acceptors (Lipinski definition) is 3. The molecule has 0 saturated carbocycles. The molecule has 1 aromatic heterocycles. The molecule has 3 nitrogen and oxygen atoms in total. The van der Waals surface area contributed by atoms with Crippen molar-refractivity contribution in [3.05, 3.63) is 40.0 Å². The predicted molar refractivity (Wildman–Crippen MR) is 70.9 cm³/mol. The number of rotatable bonds is 2. The fraction of sp³-hybridized carbons (Fsp3) is 0.231. The van der Waals surface area contributed by atoms with Gasteiger partial charge in [0.1, 0.15) is 10.4 Å². The monoisotopic (exact) mass is 246 g/mol. The van der Waals surface area contributed by atoms with Crippen LogP contribution < -0.4 is 4.74 Å². The topological polar surface area (TPSA) is 37.9 Å². The summed E-state index contributed by atoms with van der Waals surface area (Å²) in [5.41, 5.74) is 4.21. The van der Waals surface area contributed by atoms with Crippen molar-refractivity contribution in [2.75, 3.05) is 7.11 Å². The van der Waals surface area contributed by atoms with E-state index in [-0.39, 0.29) is 0 Å². The van der Waals surface area contributed by atoms with E-state index >= 15 is 0 Å². The third-order valence-electron chi connectivity index (χ3n) is 2.70. The minimum absolute atomic E-state index is 0.636. The molecule has 4 heteroatoms. The molecule has 2 aromatic rings. The minimum atomic E-state index is 0.636. The summed E-state index contributed by atoms with van der Waals surface area (Å²) in [5.74, 6) is 0.898. The summed E-state index contributed by atoms with van der Waals surface area (Å²) in [6.07, 6.45) is 0. The molecule has 0 spiro atoms. The van der Waals surface area contributed by atoms with Gasteiger partial charge in [-0.2, -0.15) is 5.10 Å². The highest BCUT2D eigenvalue weighted by atomic mass is 32.1. The molecule has 0 amide bonds. The summed E-state index contributed by atoms with van der Waals surface area (Å²) in [7, 11) is 1.68. The van der Waals surface area contributed by atoms with Crippen molar-refractivity contribution in [1.29, 1.82) is 0 Å². The largest absolute Gasteiger partial charge is 0.496 e. The Bertz CT molecular complexity index is 584. The van der Waals surface area contributed by atoms with Gasteiger partial charge in [0.05, 0.1) is 12.8 Å². The van der Waals surface area contributed by atoms with Gasteiger partial charge in [0.15, 0.2) is 0 Å². The number of nitrogens with one attached hydrogen (secondary N) is 1. The molecule has 0 unspecified atom stereocenters. The lowest BCUT2D eigenvalue weighted by Crippen LogP contribution is -1.94. The highest BCUT2D eigenvalue weighted by Crippen LogP contribution is 2.28. The van der Waals surface area contributed by atoms with E-state index in [0.29, 0.717) is 4.64 Å². The van der Waals surface area contributed by atoms with Crippen molar-refractivity contribution in [2.24, 2.45) is 0 Å². The summed E-state index contributed by atoms with van der Waals surface area (Å²) in [5, 5.41) is 7.04. The lowest BCUT2D eigenvalue weighted by molar-refractivity contribution is 0.411. The molecule has 0 saturated heterocycles. The van der Waals surface area contributed by atoms with Crippen molar-refractivity contribution in [3.63, 3.8) is 0 Å². The van der Waals surface area contributed by atoms with E-state index in [9.17, 15) is 0 Å². The van der Waals surface area contributed by atoms with Crippen molar-refractivity contribution in [3.8, 4) is 17.0 Å². The lowest BCUT2D eigenvalue weighted by atomic mass is 10.0. The number of nitrogens with zero attached hydrogens (tertiary/aromatic N) is 1. The third kappa shape index (κ3) is 2.36. The van der Waals surface area contributed by atoms with Crippen LogP contribution in [0.1, 0.15) is 11.1 Å². The normalized spacial score (nSPS) is 10.3. The molecule has 0 atom stereocenters. The van der Waals surface area contributed by atoms with E-state index in [4.69, 9.17) is 17.0 Å². The van der Waals surface area contributed by atoms with E-state index < -0.39 is 0 Å². The molecule has 0 fully saturated rings. The van der Waals surface area contributed by atoms with Crippen molar-refractivity contribution < 1.29 is 4.74 Å². The van der Waals surface area contributed by atoms with Crippen LogP contribution in [0, 0.1) is 18.5 Å². The van der Waals surface area contributed by atoms with Crippen molar-refractivity contribution in [1.82, 2.24) is 10.2 Å². The van der Waals surface area contributed by atoms with Gasteiger partial charge in [-0.1, -0.05) is 12.2 Å². The van der Waals surface area contributed by atoms with Gasteiger partial charge in [-0.25, -0.2) is 0 Å². The maximum atomic E-state index is 5.29. The first kappa shape index (κ1) is 11.8. The summed E-state index contributed by atoms with van der Waals surface area (Å²) < 4.78 is 5.93. The highest BCUT2D eigenvalue weighted by molar-refractivity contribution is 7.71. The van der Waals surface area contributed by atoms with E-state index in [0.717, 1.165) is 28.1 Å². The smallest absolute Gasteiger partial charge is 0.122 e. The SMILES string of the molecule is COc1cc(C)c(-c2ccc(=S)[nH]n2)cc1C. The molecule has 0 radical (unpaired) electrons. The summed E-state index contributed by atoms with van der Waals surface area (Å²) in [6.45, 7) is 4.06. The Morgan fingerprint density at radius 2 is 1.94 bits per heavy atom. The zero-order valence-corrected chi connectivity index (χ0v) is 10.9. The molecule has 1 heterocycles. The maximum Gasteiger partial charge on any atom is 0.122 e. The van der Waals surface area contributed by atoms with Crippen LogP contribution in [0.4, 0.5) is 0 Å². The quantitative estimate of drug-likeness (QED) is 0.825. The first-order valence-corrected chi connectivity index (χ1v) is 5.74. The van der Waals surface area contributed by atoms with Crippen LogP contribution in [0.25, 0.3) is 11.3 Å². The summed E-state index contributed by atoms with van der Waals surface area (Å²) in [4.78, 5) is 0. The Morgan fingerprint density at radius 3 is 2.53 bits per heavy atom. The molecule has 0 aliphatic heterocycles. The fourth-order valence-electron chi connectivity index (χ4n) is 1.78. The molecule has 0 bridgehead atoms. The molecule has 1 aromatic carbocycles. The molecule has 2 rings (SSSR count). The van der Waals surface area contributed by atoms with Crippen LogP contribution in [0.2, 0.25) is 0 Å². The van der Waals surface area contributed by atoms with Crippen LogP contribution in [0.5, 0.6) is 5.75 Å². The Balaban J connectivity index is 2.56. The van der Waals surface area contributed by atoms with Crippen molar-refractivity contribution in [2.45, 2.75) is 13.8 Å². The Hall–Kier alpha value is -1.68. The molecule has 0 aliphatic carbocycles. The zero-order chi connectivity index (χ0) is 12.4. The molecular formula is C13H14N2OS. The standard InChI is InChI=1S/C13H14N2OS/c1-8-7-12(16-3)9(2)6-10(8)11-4-5-13(17)15-14-11/h4-7H,1-3H3,(H,15,17). The fourth-order valence-corrected chi connectivity index (χ4v) is 1.89. The molecule has 0 aliphatic rings. The predicted octanol–water partition coefficient (Wildman–Crippen LogP) is 3.43. The minimum Gasteiger partial charge on any atom is -0.496 e. The number of hydrogen-bond donors (Lipinski definition) is 1. The zero-order valence-electron chi connectivity index (χ0n) is 10.1. The second-order valence-electron chi connectivity index (χ2n) is 3.94. The first-order valence-electron chi connectivity index (χ1n) is 5.33. The number of aromatic nitrogens is 2. The number of ether oxygens (including phenoxy) is 1. The van der Waals surface area contributed by atoms with Crippen LogP contribution >= 0.6 is 12.2 Å². The average Bonchev–Trinajstić information content (AvgIpc) is 2.33. The van der Waals surface area contributed by atoms with Gasteiger partial charge in [-0.05, 0) is 49.2 Å². The molecule has 17 heavy (non-hydrogen) atoms. The molecule has 88 valence electrons. The Morgan fingerprint density at radius 1 is 1.18 bits per heavy atom. The van der Waals surface area contributed by atoms with Gasteiger partial charge in [-0.3, -0.25) is 5.10 Å². The highest BCUT2D eigenvalue weighted by Gasteiger charge is 2.07. The number of aromatic amines is 1. The maximum absolute atomic E-state index is 5.29. The Kier molecular flexibility index (Phi) is 3.24. The second-order valence-corrected chi connectivity index (χ2v) is 4.38. The van der Waals surface area contributed by atoms with Crippen LogP contribution in [0.3, 0.4) is 0 Å². The van der Waals surface area contributed by atoms with Crippen LogP contribution in [-0.2, 0) is 0 Å². The summed E-state index contributed by atoms with van der Waals surface area (Å²) in [6, 6.07) is 7.87. The summed E-state index contributed by atoms with van der Waals surface area (Å²) >= 11 is 4.98. The first-order chi connectivity index (χ1) is 8.11. The van der Waals surface area contributed by atoms with E-state index in [1.807, 2.05) is 32.0 Å². The van der Waals surface area contributed by atoms with E-state index in [1.54, 1.807) is 7.11 Å². The van der Waals surface area contributed by atoms with Gasteiger partial charge in [0.2, 0.25) is 0 Å². The van der Waals surface area contributed by atoms with Crippen molar-refractivity contribution >= 4 is 12.2 Å².